The third-order valence-corrected chi connectivity index (χ3v) is 11.0. The zero-order valence-electron chi connectivity index (χ0n) is 19.4. The standard InChI is InChI=1S/C26H42N2O2/c1-25-16-14-24(30)27(3)22(25)11-9-19-20-10-12-23(26(20,2)15-13-21(19)25)28(17-29)18-7-5-4-6-8-18/h17-23H,4-16H2,1-3H3/t19-,20-,21-,22+,23-,25+,26-/m0/s1. The molecule has 0 spiro atoms. The highest BCUT2D eigenvalue weighted by Gasteiger charge is 2.62. The van der Waals surface area contributed by atoms with Crippen LogP contribution in [0.3, 0.4) is 0 Å². The van der Waals surface area contributed by atoms with Gasteiger partial charge in [-0.15, -0.1) is 0 Å². The van der Waals surface area contributed by atoms with Crippen LogP contribution in [0.2, 0.25) is 0 Å². The molecule has 1 saturated heterocycles. The molecule has 2 amide bonds. The summed E-state index contributed by atoms with van der Waals surface area (Å²) in [7, 11) is 2.05. The highest BCUT2D eigenvalue weighted by Crippen LogP contribution is 2.65. The Labute approximate surface area is 183 Å². The summed E-state index contributed by atoms with van der Waals surface area (Å²) in [5.41, 5.74) is 0.581. The van der Waals surface area contributed by atoms with Crippen molar-refractivity contribution in [3.8, 4) is 0 Å². The fraction of sp³-hybridized carbons (Fsp3) is 0.923. The first-order valence-electron chi connectivity index (χ1n) is 12.9. The maximum Gasteiger partial charge on any atom is 0.222 e. The van der Waals surface area contributed by atoms with Gasteiger partial charge in [0.2, 0.25) is 12.3 Å². The fourth-order valence-corrected chi connectivity index (χ4v) is 9.41. The van der Waals surface area contributed by atoms with Gasteiger partial charge in [-0.3, -0.25) is 9.59 Å². The van der Waals surface area contributed by atoms with Gasteiger partial charge in [-0.2, -0.15) is 0 Å². The predicted octanol–water partition coefficient (Wildman–Crippen LogP) is 5.01. The van der Waals surface area contributed by atoms with E-state index >= 15 is 0 Å². The van der Waals surface area contributed by atoms with E-state index in [4.69, 9.17) is 0 Å². The first-order chi connectivity index (χ1) is 14.4. The molecule has 4 saturated carbocycles. The van der Waals surface area contributed by atoms with Crippen molar-refractivity contribution in [2.75, 3.05) is 7.05 Å². The van der Waals surface area contributed by atoms with E-state index in [0.717, 1.165) is 30.6 Å². The molecule has 4 aliphatic carbocycles. The first-order valence-corrected chi connectivity index (χ1v) is 12.9. The molecule has 0 bridgehead atoms. The molecule has 4 nitrogen and oxygen atoms in total. The van der Waals surface area contributed by atoms with E-state index in [1.165, 1.54) is 77.0 Å². The van der Waals surface area contributed by atoms with E-state index < -0.39 is 0 Å². The van der Waals surface area contributed by atoms with Crippen molar-refractivity contribution >= 4 is 12.3 Å². The summed E-state index contributed by atoms with van der Waals surface area (Å²) in [6.45, 7) is 5.04. The lowest BCUT2D eigenvalue weighted by molar-refractivity contribution is -0.159. The van der Waals surface area contributed by atoms with Crippen LogP contribution in [-0.2, 0) is 9.59 Å². The normalized spacial score (nSPS) is 46.7. The van der Waals surface area contributed by atoms with Crippen LogP contribution in [0.15, 0.2) is 0 Å². The summed E-state index contributed by atoms with van der Waals surface area (Å²) in [5, 5.41) is 0. The maximum absolute atomic E-state index is 12.4. The number of fused-ring (bicyclic) bond motifs is 5. The van der Waals surface area contributed by atoms with Crippen LogP contribution in [-0.4, -0.2) is 47.3 Å². The Hall–Kier alpha value is -1.06. The number of carbonyl (C=O) groups is 2. The van der Waals surface area contributed by atoms with E-state index in [1.807, 2.05) is 0 Å². The summed E-state index contributed by atoms with van der Waals surface area (Å²) in [6.07, 6.45) is 16.9. The predicted molar refractivity (Wildman–Crippen MR) is 119 cm³/mol. The average Bonchev–Trinajstić information content (AvgIpc) is 3.10. The van der Waals surface area contributed by atoms with E-state index in [2.05, 4.69) is 30.7 Å². The smallest absolute Gasteiger partial charge is 0.222 e. The first kappa shape index (κ1) is 20.8. The van der Waals surface area contributed by atoms with E-state index in [-0.39, 0.29) is 0 Å². The number of hydrogen-bond donors (Lipinski definition) is 0. The molecule has 0 aromatic rings. The second-order valence-electron chi connectivity index (χ2n) is 12.0. The molecule has 5 rings (SSSR count). The highest BCUT2D eigenvalue weighted by atomic mass is 16.2. The molecule has 0 radical (unpaired) electrons. The molecular weight excluding hydrogens is 372 g/mol. The van der Waals surface area contributed by atoms with Gasteiger partial charge in [-0.25, -0.2) is 0 Å². The Kier molecular flexibility index (Phi) is 5.22. The van der Waals surface area contributed by atoms with E-state index in [0.29, 0.717) is 34.9 Å². The van der Waals surface area contributed by atoms with Crippen LogP contribution >= 0.6 is 0 Å². The van der Waals surface area contributed by atoms with Crippen LogP contribution in [0.4, 0.5) is 0 Å². The molecule has 168 valence electrons. The Balaban J connectivity index is 1.39. The number of hydrogen-bond acceptors (Lipinski definition) is 2. The highest BCUT2D eigenvalue weighted by molar-refractivity contribution is 5.77. The third-order valence-electron chi connectivity index (χ3n) is 11.0. The summed E-state index contributed by atoms with van der Waals surface area (Å²) < 4.78 is 0. The van der Waals surface area contributed by atoms with Gasteiger partial charge >= 0.3 is 0 Å². The topological polar surface area (TPSA) is 40.6 Å². The number of carbonyl (C=O) groups excluding carboxylic acids is 2. The van der Waals surface area contributed by atoms with Gasteiger partial charge in [0, 0.05) is 31.6 Å². The summed E-state index contributed by atoms with van der Waals surface area (Å²) >= 11 is 0. The van der Waals surface area contributed by atoms with Crippen LogP contribution in [0.25, 0.3) is 0 Å². The number of amides is 2. The minimum Gasteiger partial charge on any atom is -0.342 e. The van der Waals surface area contributed by atoms with Gasteiger partial charge in [0.25, 0.3) is 0 Å². The Morgan fingerprint density at radius 3 is 2.37 bits per heavy atom. The second kappa shape index (κ2) is 7.52. The van der Waals surface area contributed by atoms with E-state index in [9.17, 15) is 9.59 Å². The molecule has 0 unspecified atom stereocenters. The second-order valence-corrected chi connectivity index (χ2v) is 12.0. The Morgan fingerprint density at radius 2 is 1.63 bits per heavy atom. The number of likely N-dealkylation sites (tertiary alicyclic amines) is 1. The number of rotatable bonds is 3. The molecule has 1 heterocycles. The quantitative estimate of drug-likeness (QED) is 0.609. The molecule has 0 aromatic heterocycles. The number of nitrogens with zero attached hydrogens (tertiary/aromatic N) is 2. The Morgan fingerprint density at radius 1 is 0.900 bits per heavy atom. The zero-order valence-corrected chi connectivity index (χ0v) is 19.4. The van der Waals surface area contributed by atoms with Crippen molar-refractivity contribution in [3.63, 3.8) is 0 Å². The van der Waals surface area contributed by atoms with Crippen LogP contribution in [0.1, 0.15) is 97.3 Å². The van der Waals surface area contributed by atoms with Crippen molar-refractivity contribution < 1.29 is 9.59 Å². The summed E-state index contributed by atoms with van der Waals surface area (Å²) in [6, 6.07) is 1.38. The van der Waals surface area contributed by atoms with Gasteiger partial charge in [0.1, 0.15) is 0 Å². The van der Waals surface area contributed by atoms with Gasteiger partial charge in [0.15, 0.2) is 0 Å². The summed E-state index contributed by atoms with van der Waals surface area (Å²) in [5.74, 6) is 2.65. The summed E-state index contributed by atoms with van der Waals surface area (Å²) in [4.78, 5) is 29.1. The molecule has 7 atom stereocenters. The van der Waals surface area contributed by atoms with Crippen LogP contribution in [0.5, 0.6) is 0 Å². The van der Waals surface area contributed by atoms with Crippen molar-refractivity contribution in [1.29, 1.82) is 0 Å². The maximum atomic E-state index is 12.4. The molecule has 0 N–H and O–H groups in total. The van der Waals surface area contributed by atoms with Crippen LogP contribution < -0.4 is 0 Å². The number of piperidine rings is 1. The molecule has 30 heavy (non-hydrogen) atoms. The molecule has 5 aliphatic rings. The van der Waals surface area contributed by atoms with Crippen molar-refractivity contribution in [2.45, 2.75) is 115 Å². The van der Waals surface area contributed by atoms with E-state index in [1.54, 1.807) is 0 Å². The molecule has 0 aromatic carbocycles. The minimum atomic E-state index is 0.290. The minimum absolute atomic E-state index is 0.290. The van der Waals surface area contributed by atoms with Gasteiger partial charge in [0.05, 0.1) is 0 Å². The lowest BCUT2D eigenvalue weighted by Crippen LogP contribution is -2.62. The van der Waals surface area contributed by atoms with Crippen molar-refractivity contribution in [3.05, 3.63) is 0 Å². The zero-order chi connectivity index (χ0) is 21.1. The SMILES string of the molecule is CN1C(=O)CC[C@]2(C)[C@H]3CC[C@]4(C)[C@@H](N(C=O)C5CCCCC5)CC[C@H]4[C@@H]3CC[C@@H]12. The fourth-order valence-electron chi connectivity index (χ4n) is 9.41. The van der Waals surface area contributed by atoms with Gasteiger partial charge in [-0.1, -0.05) is 33.1 Å². The third kappa shape index (κ3) is 2.91. The van der Waals surface area contributed by atoms with Gasteiger partial charge in [-0.05, 0) is 86.4 Å². The molecular formula is C26H42N2O2. The molecule has 4 heteroatoms. The largest absolute Gasteiger partial charge is 0.342 e. The Bertz CT molecular complexity index is 689. The lowest BCUT2D eigenvalue weighted by Gasteiger charge is -2.62. The lowest BCUT2D eigenvalue weighted by atomic mass is 9.47. The average molecular weight is 415 g/mol. The molecule has 5 fully saturated rings. The van der Waals surface area contributed by atoms with Crippen LogP contribution in [0, 0.1) is 28.6 Å². The van der Waals surface area contributed by atoms with Crippen molar-refractivity contribution in [2.24, 2.45) is 28.6 Å². The monoisotopic (exact) mass is 414 g/mol. The van der Waals surface area contributed by atoms with Crippen molar-refractivity contribution in [1.82, 2.24) is 9.80 Å². The van der Waals surface area contributed by atoms with Gasteiger partial charge < -0.3 is 9.80 Å². The molecule has 1 aliphatic heterocycles.